The molecule has 0 saturated heterocycles. The van der Waals surface area contributed by atoms with Gasteiger partial charge in [0.2, 0.25) is 11.2 Å². The number of methoxy groups -OCH3 is 2. The molecule has 2 aromatic carbocycles. The molecule has 0 saturated carbocycles. The van der Waals surface area contributed by atoms with E-state index in [0.29, 0.717) is 12.2 Å². The Hall–Kier alpha value is -3.69. The molecule has 0 aliphatic heterocycles. The molecule has 0 radical (unpaired) electrons. The molecule has 7 nitrogen and oxygen atoms in total. The van der Waals surface area contributed by atoms with Crippen molar-refractivity contribution in [2.24, 2.45) is 0 Å². The monoisotopic (exact) mass is 494 g/mol. The number of carbonyl (C=O) groups excluding carboxylic acids is 1. The number of hydrogen-bond acceptors (Lipinski definition) is 7. The Bertz CT molecular complexity index is 1260. The van der Waals surface area contributed by atoms with Gasteiger partial charge in [-0.25, -0.2) is 4.79 Å². The molecule has 1 aromatic heterocycles. The Balaban J connectivity index is 2.13. The topological polar surface area (TPSA) is 84.2 Å². The van der Waals surface area contributed by atoms with E-state index in [0.717, 1.165) is 6.07 Å². The molecule has 10 heteroatoms. The molecule has 0 N–H and O–H groups in total. The van der Waals surface area contributed by atoms with Crippen LogP contribution in [0, 0.1) is 0 Å². The molecular formula is C25H25F3O7. The zero-order valence-corrected chi connectivity index (χ0v) is 19.7. The van der Waals surface area contributed by atoms with Crippen LogP contribution in [0.3, 0.4) is 0 Å². The quantitative estimate of drug-likeness (QED) is 0.358. The van der Waals surface area contributed by atoms with E-state index in [1.165, 1.54) is 44.6 Å². The van der Waals surface area contributed by atoms with Crippen molar-refractivity contribution in [3.63, 3.8) is 0 Å². The molecule has 0 spiro atoms. The number of halogens is 3. The van der Waals surface area contributed by atoms with Crippen molar-refractivity contribution in [1.29, 1.82) is 0 Å². The van der Waals surface area contributed by atoms with Gasteiger partial charge in [-0.1, -0.05) is 19.9 Å². The molecule has 188 valence electrons. The fourth-order valence-corrected chi connectivity index (χ4v) is 3.46. The van der Waals surface area contributed by atoms with Gasteiger partial charge in [0.25, 0.3) is 0 Å². The Morgan fingerprint density at radius 3 is 2.34 bits per heavy atom. The molecule has 0 amide bonds. The largest absolute Gasteiger partial charge is 0.493 e. The van der Waals surface area contributed by atoms with E-state index in [-0.39, 0.29) is 41.1 Å². The second-order valence-electron chi connectivity index (χ2n) is 7.54. The van der Waals surface area contributed by atoms with E-state index in [2.05, 4.69) is 0 Å². The summed E-state index contributed by atoms with van der Waals surface area (Å²) in [5, 5.41) is -0.0863. The van der Waals surface area contributed by atoms with Crippen LogP contribution >= 0.6 is 0 Å². The minimum absolute atomic E-state index is 0.0457. The SMILES string of the molecule is CCCOC(=O)[C@@H](CC)Oc1ccc2c(=O)c(-c3ccc(OC)c(OC)c3)c(C(F)(F)F)oc2c1. The summed E-state index contributed by atoms with van der Waals surface area (Å²) in [4.78, 5) is 25.4. The molecule has 3 rings (SSSR count). The summed E-state index contributed by atoms with van der Waals surface area (Å²) in [6, 6.07) is 7.83. The van der Waals surface area contributed by atoms with E-state index in [4.69, 9.17) is 23.4 Å². The van der Waals surface area contributed by atoms with E-state index < -0.39 is 35.0 Å². The van der Waals surface area contributed by atoms with E-state index >= 15 is 0 Å². The van der Waals surface area contributed by atoms with Crippen LogP contribution in [-0.4, -0.2) is 32.9 Å². The lowest BCUT2D eigenvalue weighted by molar-refractivity contribution is -0.152. The van der Waals surface area contributed by atoms with Crippen molar-refractivity contribution >= 4 is 16.9 Å². The van der Waals surface area contributed by atoms with Crippen LogP contribution in [-0.2, 0) is 15.7 Å². The number of hydrogen-bond donors (Lipinski definition) is 0. The number of esters is 1. The first-order valence-corrected chi connectivity index (χ1v) is 10.9. The van der Waals surface area contributed by atoms with Gasteiger partial charge >= 0.3 is 12.1 Å². The number of carbonyl (C=O) groups is 1. The molecule has 0 unspecified atom stereocenters. The number of benzene rings is 2. The van der Waals surface area contributed by atoms with Crippen LogP contribution in [0.5, 0.6) is 17.2 Å². The van der Waals surface area contributed by atoms with Gasteiger partial charge in [0.05, 0.1) is 31.8 Å². The maximum absolute atomic E-state index is 14.0. The average molecular weight is 494 g/mol. The smallest absolute Gasteiger partial charge is 0.450 e. The van der Waals surface area contributed by atoms with Crippen molar-refractivity contribution in [3.05, 3.63) is 52.4 Å². The fourth-order valence-electron chi connectivity index (χ4n) is 3.46. The van der Waals surface area contributed by atoms with Crippen LogP contribution in [0.25, 0.3) is 22.1 Å². The highest BCUT2D eigenvalue weighted by molar-refractivity contribution is 5.84. The van der Waals surface area contributed by atoms with Gasteiger partial charge in [-0.2, -0.15) is 13.2 Å². The van der Waals surface area contributed by atoms with E-state index in [1.54, 1.807) is 6.92 Å². The molecule has 3 aromatic rings. The maximum Gasteiger partial charge on any atom is 0.450 e. The molecule has 0 aliphatic rings. The van der Waals surface area contributed by atoms with Crippen LogP contribution < -0.4 is 19.6 Å². The minimum atomic E-state index is -4.97. The summed E-state index contributed by atoms with van der Waals surface area (Å²) < 4.78 is 68.1. The lowest BCUT2D eigenvalue weighted by Gasteiger charge is -2.17. The molecule has 0 bridgehead atoms. The summed E-state index contributed by atoms with van der Waals surface area (Å²) in [7, 11) is 2.72. The minimum Gasteiger partial charge on any atom is -0.493 e. The molecule has 1 heterocycles. The van der Waals surface area contributed by atoms with Gasteiger partial charge in [-0.15, -0.1) is 0 Å². The van der Waals surface area contributed by atoms with Crippen LogP contribution in [0.2, 0.25) is 0 Å². The summed E-state index contributed by atoms with van der Waals surface area (Å²) in [6.45, 7) is 3.77. The number of alkyl halides is 3. The predicted molar refractivity (Wildman–Crippen MR) is 122 cm³/mol. The normalized spacial score (nSPS) is 12.3. The first-order chi connectivity index (χ1) is 16.6. The van der Waals surface area contributed by atoms with Crippen molar-refractivity contribution in [2.75, 3.05) is 20.8 Å². The molecule has 35 heavy (non-hydrogen) atoms. The third-order valence-corrected chi connectivity index (χ3v) is 5.15. The predicted octanol–water partition coefficient (Wildman–Crippen LogP) is 5.61. The number of rotatable bonds is 9. The Morgan fingerprint density at radius 1 is 1.03 bits per heavy atom. The average Bonchev–Trinajstić information content (AvgIpc) is 2.84. The van der Waals surface area contributed by atoms with Gasteiger partial charge < -0.3 is 23.4 Å². The van der Waals surface area contributed by atoms with Gasteiger partial charge in [-0.3, -0.25) is 4.79 Å². The molecule has 1 atom stereocenters. The number of ether oxygens (including phenoxy) is 4. The summed E-state index contributed by atoms with van der Waals surface area (Å²) in [6.07, 6.45) is -5.02. The standard InChI is InChI=1S/C25H25F3O7/c1-5-11-33-24(30)17(6-2)34-15-8-9-16-19(13-15)35-23(25(26,27)28)21(22(16)29)14-7-10-18(31-3)20(12-14)32-4/h7-10,12-13,17H,5-6,11H2,1-4H3/t17-/m1/s1. The van der Waals surface area contributed by atoms with Crippen molar-refractivity contribution < 1.29 is 41.3 Å². The van der Waals surface area contributed by atoms with Crippen LogP contribution in [0.1, 0.15) is 32.4 Å². The van der Waals surface area contributed by atoms with Crippen LogP contribution in [0.15, 0.2) is 45.6 Å². The van der Waals surface area contributed by atoms with E-state index in [9.17, 15) is 22.8 Å². The van der Waals surface area contributed by atoms with Crippen molar-refractivity contribution in [2.45, 2.75) is 39.0 Å². The first-order valence-electron chi connectivity index (χ1n) is 10.9. The molecule has 0 aliphatic carbocycles. The highest BCUT2D eigenvalue weighted by Crippen LogP contribution is 2.40. The highest BCUT2D eigenvalue weighted by atomic mass is 19.4. The van der Waals surface area contributed by atoms with Gasteiger partial charge in [0.15, 0.2) is 17.6 Å². The van der Waals surface area contributed by atoms with Crippen molar-refractivity contribution in [3.8, 4) is 28.4 Å². The Labute approximate surface area is 199 Å². The second kappa shape index (κ2) is 10.7. The number of fused-ring (bicyclic) bond motifs is 1. The first kappa shape index (κ1) is 25.9. The third-order valence-electron chi connectivity index (χ3n) is 5.15. The van der Waals surface area contributed by atoms with Gasteiger partial charge in [-0.05, 0) is 42.7 Å². The summed E-state index contributed by atoms with van der Waals surface area (Å²) in [5.41, 5.74) is -1.92. The van der Waals surface area contributed by atoms with Crippen molar-refractivity contribution in [1.82, 2.24) is 0 Å². The third kappa shape index (κ3) is 5.52. The maximum atomic E-state index is 14.0. The summed E-state index contributed by atoms with van der Waals surface area (Å²) in [5.74, 6) is -1.54. The molecule has 0 fully saturated rings. The summed E-state index contributed by atoms with van der Waals surface area (Å²) >= 11 is 0. The van der Waals surface area contributed by atoms with Gasteiger partial charge in [0, 0.05) is 6.07 Å². The zero-order valence-electron chi connectivity index (χ0n) is 19.7. The fraction of sp³-hybridized carbons (Fsp3) is 0.360. The second-order valence-corrected chi connectivity index (χ2v) is 7.54. The lowest BCUT2D eigenvalue weighted by Crippen LogP contribution is -2.29. The lowest BCUT2D eigenvalue weighted by atomic mass is 10.0. The molecular weight excluding hydrogens is 469 g/mol. The van der Waals surface area contributed by atoms with Gasteiger partial charge in [0.1, 0.15) is 11.3 Å². The van der Waals surface area contributed by atoms with Crippen LogP contribution in [0.4, 0.5) is 13.2 Å². The zero-order chi connectivity index (χ0) is 25.8. The Morgan fingerprint density at radius 2 is 1.74 bits per heavy atom. The van der Waals surface area contributed by atoms with E-state index in [1.807, 2.05) is 6.92 Å². The highest BCUT2D eigenvalue weighted by Gasteiger charge is 2.39. The Kier molecular flexibility index (Phi) is 7.93.